The number of nitrogens with zero attached hydrogens (tertiary/aromatic N) is 2. The van der Waals surface area contributed by atoms with E-state index < -0.39 is 36.4 Å². The molecule has 4 N–H and O–H groups in total. The SMILES string of the molecule is O=C(CCCN1CCC(N2CCCCC2)CC1)c1ccc2c(c1)CCNCC2.O=C(O)C(F)(F)F.O=C(O)C(F)(F)F.O=C(O)C(F)(F)F. The summed E-state index contributed by atoms with van der Waals surface area (Å²) in [7, 11) is 0. The first-order valence-corrected chi connectivity index (χ1v) is 15.3. The number of likely N-dealkylation sites (tertiary alicyclic amines) is 2. The van der Waals surface area contributed by atoms with Crippen LogP contribution in [0.5, 0.6) is 0 Å². The van der Waals surface area contributed by atoms with E-state index in [0.29, 0.717) is 12.2 Å². The number of nitrogens with one attached hydrogen (secondary N) is 1. The van der Waals surface area contributed by atoms with Crippen molar-refractivity contribution in [1.82, 2.24) is 15.1 Å². The molecule has 49 heavy (non-hydrogen) atoms. The molecule has 0 aliphatic carbocycles. The highest BCUT2D eigenvalue weighted by molar-refractivity contribution is 5.96. The molecule has 2 fully saturated rings. The molecule has 1 aromatic rings. The second-order valence-corrected chi connectivity index (χ2v) is 11.3. The summed E-state index contributed by atoms with van der Waals surface area (Å²) in [5, 5.41) is 24.8. The molecule has 0 spiro atoms. The van der Waals surface area contributed by atoms with Crippen molar-refractivity contribution in [3.8, 4) is 0 Å². The van der Waals surface area contributed by atoms with Crippen molar-refractivity contribution in [2.75, 3.05) is 45.8 Å². The van der Waals surface area contributed by atoms with E-state index in [0.717, 1.165) is 50.5 Å². The molecule has 0 radical (unpaired) electrons. The maximum atomic E-state index is 12.7. The van der Waals surface area contributed by atoms with Crippen molar-refractivity contribution in [2.24, 2.45) is 0 Å². The lowest BCUT2D eigenvalue weighted by Crippen LogP contribution is -2.46. The van der Waals surface area contributed by atoms with Gasteiger partial charge in [0.05, 0.1) is 0 Å². The second kappa shape index (κ2) is 20.3. The van der Waals surface area contributed by atoms with Crippen LogP contribution in [0.25, 0.3) is 0 Å². The molecule has 19 heteroatoms. The van der Waals surface area contributed by atoms with Gasteiger partial charge in [0, 0.05) is 18.0 Å². The number of alkyl halides is 9. The molecule has 2 saturated heterocycles. The molecule has 1 aromatic carbocycles. The Bertz CT molecular complexity index is 1150. The minimum Gasteiger partial charge on any atom is -0.475 e. The molecule has 4 rings (SSSR count). The van der Waals surface area contributed by atoms with Gasteiger partial charge in [0.2, 0.25) is 0 Å². The first-order valence-electron chi connectivity index (χ1n) is 15.3. The number of benzene rings is 1. The molecule has 280 valence electrons. The third kappa shape index (κ3) is 17.7. The summed E-state index contributed by atoms with van der Waals surface area (Å²) in [5.74, 6) is -7.95. The molecule has 0 aromatic heterocycles. The monoisotopic (exact) mass is 725 g/mol. The molecular weight excluding hydrogens is 685 g/mol. The number of carboxylic acid groups (broad SMARTS) is 3. The summed E-state index contributed by atoms with van der Waals surface area (Å²) >= 11 is 0. The fourth-order valence-electron chi connectivity index (χ4n) is 5.25. The molecular formula is C30H40F9N3O7. The third-order valence-electron chi connectivity index (χ3n) is 7.74. The highest BCUT2D eigenvalue weighted by Gasteiger charge is 2.39. The summed E-state index contributed by atoms with van der Waals surface area (Å²) < 4.78 is 95.2. The van der Waals surface area contributed by atoms with Gasteiger partial charge in [-0.15, -0.1) is 0 Å². The smallest absolute Gasteiger partial charge is 0.475 e. The standard InChI is InChI=1S/C24H37N3O.3C2HF3O2/c28-24(22-7-6-20-8-12-25-13-9-21(20)19-22)5-4-14-26-17-10-23(11-18-26)27-15-2-1-3-16-27;3*3-2(4,5)1(6)7/h6-7,19,23,25H,1-5,8-18H2;3*(H,6,7). The van der Waals surface area contributed by atoms with Crippen molar-refractivity contribution >= 4 is 23.7 Å². The van der Waals surface area contributed by atoms with Crippen LogP contribution in [0.15, 0.2) is 18.2 Å². The van der Waals surface area contributed by atoms with Crippen LogP contribution < -0.4 is 5.32 Å². The van der Waals surface area contributed by atoms with Crippen LogP contribution in [0.2, 0.25) is 0 Å². The summed E-state index contributed by atoms with van der Waals surface area (Å²) in [6.07, 6.45) is -4.62. The van der Waals surface area contributed by atoms with Gasteiger partial charge in [-0.2, -0.15) is 39.5 Å². The van der Waals surface area contributed by atoms with Crippen LogP contribution in [0.1, 0.15) is 66.4 Å². The summed E-state index contributed by atoms with van der Waals surface area (Å²) in [6.45, 7) is 8.20. The number of carbonyl (C=O) groups is 4. The number of fused-ring (bicyclic) bond motifs is 1. The van der Waals surface area contributed by atoms with Crippen LogP contribution in [-0.2, 0) is 27.2 Å². The number of hydrogen-bond acceptors (Lipinski definition) is 7. The number of hydrogen-bond donors (Lipinski definition) is 4. The maximum absolute atomic E-state index is 12.7. The zero-order chi connectivity index (χ0) is 37.4. The lowest BCUT2D eigenvalue weighted by Gasteiger charge is -2.40. The summed E-state index contributed by atoms with van der Waals surface area (Å²) in [4.78, 5) is 44.7. The maximum Gasteiger partial charge on any atom is 0.490 e. The zero-order valence-corrected chi connectivity index (χ0v) is 26.4. The number of Topliss-reactive ketones (excluding diaryl/α,β-unsaturated/α-hetero) is 1. The minimum atomic E-state index is -5.08. The lowest BCUT2D eigenvalue weighted by atomic mass is 9.96. The molecule has 0 atom stereocenters. The van der Waals surface area contributed by atoms with Crippen LogP contribution in [0.3, 0.4) is 0 Å². The lowest BCUT2D eigenvalue weighted by molar-refractivity contribution is -0.193. The van der Waals surface area contributed by atoms with Crippen LogP contribution in [0.4, 0.5) is 39.5 Å². The molecule has 10 nitrogen and oxygen atoms in total. The van der Waals surface area contributed by atoms with Crippen molar-refractivity contribution in [1.29, 1.82) is 0 Å². The number of aliphatic carboxylic acids is 3. The zero-order valence-electron chi connectivity index (χ0n) is 26.4. The van der Waals surface area contributed by atoms with E-state index in [1.54, 1.807) is 0 Å². The number of carbonyl (C=O) groups excluding carboxylic acids is 1. The van der Waals surface area contributed by atoms with Crippen LogP contribution >= 0.6 is 0 Å². The molecule has 0 saturated carbocycles. The Morgan fingerprint density at radius 1 is 0.694 bits per heavy atom. The van der Waals surface area contributed by atoms with Crippen molar-refractivity contribution in [2.45, 2.75) is 82.4 Å². The van der Waals surface area contributed by atoms with Gasteiger partial charge in [-0.05, 0) is 108 Å². The minimum absolute atomic E-state index is 0.322. The summed E-state index contributed by atoms with van der Waals surface area (Å²) in [6, 6.07) is 7.21. The van der Waals surface area contributed by atoms with Gasteiger partial charge in [0.15, 0.2) is 5.78 Å². The second-order valence-electron chi connectivity index (χ2n) is 11.3. The molecule has 3 heterocycles. The van der Waals surface area contributed by atoms with Crippen molar-refractivity contribution < 1.29 is 74.0 Å². The van der Waals surface area contributed by atoms with E-state index in [-0.39, 0.29) is 0 Å². The van der Waals surface area contributed by atoms with Gasteiger partial charge in [0.1, 0.15) is 0 Å². The Morgan fingerprint density at radius 2 is 1.14 bits per heavy atom. The molecule has 3 aliphatic heterocycles. The molecule has 0 amide bonds. The first kappa shape index (κ1) is 43.6. The fraction of sp³-hybridized carbons (Fsp3) is 0.667. The van der Waals surface area contributed by atoms with Gasteiger partial charge in [-0.1, -0.05) is 18.6 Å². The normalized spacial score (nSPS) is 17.7. The molecule has 0 unspecified atom stereocenters. The number of rotatable bonds is 6. The quantitative estimate of drug-likeness (QED) is 0.228. The van der Waals surface area contributed by atoms with Crippen molar-refractivity contribution in [3.63, 3.8) is 0 Å². The van der Waals surface area contributed by atoms with E-state index in [1.807, 2.05) is 0 Å². The Morgan fingerprint density at radius 3 is 1.59 bits per heavy atom. The number of ketones is 1. The predicted molar refractivity (Wildman–Crippen MR) is 156 cm³/mol. The van der Waals surface area contributed by atoms with Gasteiger partial charge in [-0.25, -0.2) is 14.4 Å². The first-order chi connectivity index (χ1) is 22.6. The largest absolute Gasteiger partial charge is 0.490 e. The van der Waals surface area contributed by atoms with Gasteiger partial charge in [-0.3, -0.25) is 4.79 Å². The number of halogens is 9. The van der Waals surface area contributed by atoms with Gasteiger partial charge >= 0.3 is 36.4 Å². The van der Waals surface area contributed by atoms with Gasteiger partial charge in [0.25, 0.3) is 0 Å². The van der Waals surface area contributed by atoms with E-state index in [9.17, 15) is 44.3 Å². The highest BCUT2D eigenvalue weighted by atomic mass is 19.4. The number of carboxylic acids is 3. The predicted octanol–water partition coefficient (Wildman–Crippen LogP) is 5.19. The third-order valence-corrected chi connectivity index (χ3v) is 7.74. The van der Waals surface area contributed by atoms with Crippen molar-refractivity contribution in [3.05, 3.63) is 34.9 Å². The number of piperidine rings is 2. The Balaban J connectivity index is 0.000000467. The van der Waals surface area contributed by atoms with Gasteiger partial charge < -0.3 is 30.4 Å². The van der Waals surface area contributed by atoms with Crippen LogP contribution in [0, 0.1) is 0 Å². The molecule has 0 bridgehead atoms. The van der Waals surface area contributed by atoms with E-state index in [1.165, 1.54) is 69.4 Å². The average Bonchev–Trinajstić information content (AvgIpc) is 3.26. The Hall–Kier alpha value is -3.45. The van der Waals surface area contributed by atoms with E-state index >= 15 is 0 Å². The Kier molecular flexibility index (Phi) is 18.0. The summed E-state index contributed by atoms with van der Waals surface area (Å²) in [5.41, 5.74) is 3.71. The van der Waals surface area contributed by atoms with E-state index in [2.05, 4.69) is 33.3 Å². The topological polar surface area (TPSA) is 147 Å². The average molecular weight is 726 g/mol. The van der Waals surface area contributed by atoms with Crippen LogP contribution in [-0.4, -0.2) is 119 Å². The molecule has 3 aliphatic rings. The Labute approximate surface area is 276 Å². The van der Waals surface area contributed by atoms with E-state index in [4.69, 9.17) is 29.7 Å². The fourth-order valence-corrected chi connectivity index (χ4v) is 5.25. The highest BCUT2D eigenvalue weighted by Crippen LogP contribution is 2.22.